The Labute approximate surface area is 266 Å². The van der Waals surface area contributed by atoms with Crippen LogP contribution in [0.2, 0.25) is 5.02 Å². The summed E-state index contributed by atoms with van der Waals surface area (Å²) in [5.41, 5.74) is -5.15. The van der Waals surface area contributed by atoms with E-state index in [1.807, 2.05) is 0 Å². The molecule has 0 bridgehead atoms. The van der Waals surface area contributed by atoms with Gasteiger partial charge in [-0.1, -0.05) is 11.6 Å². The number of aromatic nitrogens is 2. The minimum Gasteiger partial charge on any atom is -0.494 e. The Hall–Kier alpha value is -4.57. The highest BCUT2D eigenvalue weighted by Gasteiger charge is 2.57. The Morgan fingerprint density at radius 1 is 1.06 bits per heavy atom. The molecular weight excluding hydrogens is 667 g/mol. The van der Waals surface area contributed by atoms with Crippen LogP contribution < -0.4 is 24.3 Å². The molecule has 0 spiro atoms. The molecule has 4 aromatic rings. The number of nitrogens with one attached hydrogen (secondary N) is 1. The van der Waals surface area contributed by atoms with E-state index in [4.69, 9.17) is 21.1 Å². The molecular formula is C30H23ClF7N3O6. The smallest absolute Gasteiger partial charge is 0.494 e. The predicted octanol–water partition coefficient (Wildman–Crippen LogP) is 6.72. The van der Waals surface area contributed by atoms with Crippen LogP contribution in [0.3, 0.4) is 0 Å². The highest BCUT2D eigenvalue weighted by molar-refractivity contribution is 6.31. The maximum absolute atomic E-state index is 14.6. The fraction of sp³-hybridized carbons (Fsp3) is 0.300. The molecule has 2 N–H and O–H groups in total. The van der Waals surface area contributed by atoms with Gasteiger partial charge in [0.05, 0.1) is 30.1 Å². The Morgan fingerprint density at radius 2 is 1.77 bits per heavy atom. The number of pyridine rings is 2. The monoisotopic (exact) mass is 689 g/mol. The molecule has 2 aromatic heterocycles. The normalized spacial score (nSPS) is 15.1. The van der Waals surface area contributed by atoms with E-state index in [1.165, 1.54) is 32.2 Å². The number of carbonyl (C=O) groups excluding carboxylic acids is 1. The summed E-state index contributed by atoms with van der Waals surface area (Å²) in [6.07, 6.45) is -12.5. The second-order valence-corrected chi connectivity index (χ2v) is 10.8. The fourth-order valence-corrected chi connectivity index (χ4v) is 4.91. The van der Waals surface area contributed by atoms with Crippen molar-refractivity contribution in [3.05, 3.63) is 70.0 Å². The van der Waals surface area contributed by atoms with E-state index in [0.29, 0.717) is 16.6 Å². The third-order valence-corrected chi connectivity index (χ3v) is 7.46. The number of methoxy groups -OCH3 is 1. The highest BCUT2D eigenvalue weighted by Crippen LogP contribution is 2.46. The Bertz CT molecular complexity index is 1870. The van der Waals surface area contributed by atoms with Gasteiger partial charge in [-0.15, -0.1) is 8.78 Å². The van der Waals surface area contributed by atoms with Gasteiger partial charge in [0.2, 0.25) is 5.60 Å². The lowest BCUT2D eigenvalue weighted by atomic mass is 9.94. The number of ether oxygens (including phenoxy) is 4. The molecule has 0 saturated carbocycles. The number of amides is 1. The topological polar surface area (TPSA) is 112 Å². The molecule has 9 nitrogen and oxygen atoms in total. The first-order valence-electron chi connectivity index (χ1n) is 13.5. The summed E-state index contributed by atoms with van der Waals surface area (Å²) in [6, 6.07) is 7.84. The van der Waals surface area contributed by atoms with E-state index in [0.717, 1.165) is 24.3 Å². The molecule has 0 fully saturated rings. The van der Waals surface area contributed by atoms with Crippen molar-refractivity contribution in [2.45, 2.75) is 38.3 Å². The minimum atomic E-state index is -5.46. The maximum atomic E-state index is 14.6. The number of rotatable bonds is 9. The molecule has 5 rings (SSSR count). The summed E-state index contributed by atoms with van der Waals surface area (Å²) in [6.45, 7) is 0.198. The van der Waals surface area contributed by atoms with Crippen LogP contribution in [0.1, 0.15) is 27.3 Å². The average Bonchev–Trinajstić information content (AvgIpc) is 3.31. The lowest BCUT2D eigenvalue weighted by Gasteiger charge is -2.31. The van der Waals surface area contributed by atoms with E-state index in [9.17, 15) is 40.6 Å². The van der Waals surface area contributed by atoms with Crippen LogP contribution in [-0.2, 0) is 5.60 Å². The molecule has 2 aromatic carbocycles. The van der Waals surface area contributed by atoms with E-state index in [2.05, 4.69) is 24.8 Å². The van der Waals surface area contributed by atoms with Crippen LogP contribution in [0.4, 0.5) is 30.7 Å². The quantitative estimate of drug-likeness (QED) is 0.186. The van der Waals surface area contributed by atoms with Crippen LogP contribution in [0.25, 0.3) is 22.2 Å². The van der Waals surface area contributed by atoms with Crippen molar-refractivity contribution in [2.75, 3.05) is 20.3 Å². The highest BCUT2D eigenvalue weighted by atomic mass is 35.5. The van der Waals surface area contributed by atoms with Gasteiger partial charge in [0.25, 0.3) is 12.3 Å². The van der Waals surface area contributed by atoms with Crippen molar-refractivity contribution in [2.24, 2.45) is 0 Å². The molecule has 1 aliphatic rings. The fourth-order valence-electron chi connectivity index (χ4n) is 4.75. The molecule has 250 valence electrons. The number of aryl methyl sites for hydroxylation is 2. The van der Waals surface area contributed by atoms with Crippen LogP contribution in [-0.4, -0.2) is 60.1 Å². The number of carbonyl (C=O) groups is 1. The predicted molar refractivity (Wildman–Crippen MR) is 152 cm³/mol. The van der Waals surface area contributed by atoms with Gasteiger partial charge in [0.1, 0.15) is 29.3 Å². The first-order valence-corrected chi connectivity index (χ1v) is 13.9. The SMILES string of the molecule is COc1cc(C(=O)NC[C@](O)(c2cc(C)c(OCC(F)F)c(-c3ccc4c(c3)OC(F)(F)O4)n2)C(F)(F)F)cc2cc(Cl)c(C)nc12. The number of hydrogen-bond acceptors (Lipinski definition) is 8. The number of aliphatic hydroxyl groups is 1. The number of benzene rings is 2. The zero-order valence-electron chi connectivity index (χ0n) is 24.4. The van der Waals surface area contributed by atoms with Crippen molar-refractivity contribution in [3.8, 4) is 34.3 Å². The summed E-state index contributed by atoms with van der Waals surface area (Å²) in [5.74, 6) is -2.27. The van der Waals surface area contributed by atoms with Crippen molar-refractivity contribution in [1.29, 1.82) is 0 Å². The van der Waals surface area contributed by atoms with E-state index in [-0.39, 0.29) is 27.5 Å². The largest absolute Gasteiger partial charge is 0.586 e. The Balaban J connectivity index is 1.54. The first-order chi connectivity index (χ1) is 21.9. The standard InChI is InChI=1S/C30H23ClF7N3O6/c1-13-6-22(41-25(26(13)45-11-23(32)33)15-4-5-19-20(9-15)47-30(37,38)46-19)28(43,29(34,35)36)12-39-27(42)17-7-16-8-18(31)14(2)40-24(16)21(10-17)44-3/h4-10,23,43H,11-12H2,1-3H3,(H,39,42)/t28-/m0/s1. The van der Waals surface area contributed by atoms with Gasteiger partial charge in [-0.3, -0.25) is 4.79 Å². The Kier molecular flexibility index (Phi) is 8.79. The van der Waals surface area contributed by atoms with Crippen molar-refractivity contribution >= 4 is 28.4 Å². The lowest BCUT2D eigenvalue weighted by molar-refractivity contribution is -0.286. The molecule has 0 radical (unpaired) electrons. The second kappa shape index (κ2) is 12.2. The van der Waals surface area contributed by atoms with E-state index >= 15 is 0 Å². The number of alkyl halides is 7. The number of hydrogen-bond donors (Lipinski definition) is 2. The summed E-state index contributed by atoms with van der Waals surface area (Å²) >= 11 is 6.15. The maximum Gasteiger partial charge on any atom is 0.586 e. The van der Waals surface area contributed by atoms with Gasteiger partial charge < -0.3 is 29.4 Å². The number of halogens is 8. The summed E-state index contributed by atoms with van der Waals surface area (Å²) in [5, 5.41) is 13.8. The van der Waals surface area contributed by atoms with Crippen LogP contribution in [0.15, 0.2) is 42.5 Å². The summed E-state index contributed by atoms with van der Waals surface area (Å²) in [4.78, 5) is 21.3. The second-order valence-electron chi connectivity index (χ2n) is 10.4. The first kappa shape index (κ1) is 33.8. The van der Waals surface area contributed by atoms with Crippen molar-refractivity contribution < 1.29 is 59.6 Å². The summed E-state index contributed by atoms with van der Waals surface area (Å²) < 4.78 is 116. The molecule has 1 aliphatic heterocycles. The molecule has 0 saturated heterocycles. The molecule has 47 heavy (non-hydrogen) atoms. The lowest BCUT2D eigenvalue weighted by Crippen LogP contribution is -2.51. The van der Waals surface area contributed by atoms with Crippen LogP contribution >= 0.6 is 11.6 Å². The molecule has 1 amide bonds. The number of nitrogens with zero attached hydrogens (tertiary/aromatic N) is 2. The Morgan fingerprint density at radius 3 is 2.43 bits per heavy atom. The molecule has 0 unspecified atom stereocenters. The van der Waals surface area contributed by atoms with Crippen molar-refractivity contribution in [3.63, 3.8) is 0 Å². The third kappa shape index (κ3) is 6.65. The third-order valence-electron chi connectivity index (χ3n) is 7.08. The average molecular weight is 690 g/mol. The van der Waals surface area contributed by atoms with Gasteiger partial charge in [0.15, 0.2) is 11.5 Å². The molecule has 3 heterocycles. The van der Waals surface area contributed by atoms with Gasteiger partial charge >= 0.3 is 12.5 Å². The van der Waals surface area contributed by atoms with Crippen LogP contribution in [0, 0.1) is 13.8 Å². The molecule has 1 atom stereocenters. The molecule has 17 heteroatoms. The van der Waals surface area contributed by atoms with Gasteiger partial charge in [-0.25, -0.2) is 18.7 Å². The zero-order valence-corrected chi connectivity index (χ0v) is 25.2. The zero-order chi connectivity index (χ0) is 34.5. The number of fused-ring (bicyclic) bond motifs is 2. The van der Waals surface area contributed by atoms with Gasteiger partial charge in [-0.2, -0.15) is 13.2 Å². The van der Waals surface area contributed by atoms with Crippen molar-refractivity contribution in [1.82, 2.24) is 15.3 Å². The van der Waals surface area contributed by atoms with E-state index < -0.39 is 72.2 Å². The van der Waals surface area contributed by atoms with Gasteiger partial charge in [0, 0.05) is 16.5 Å². The van der Waals surface area contributed by atoms with E-state index in [1.54, 1.807) is 6.92 Å². The minimum absolute atomic E-state index is 0.126. The van der Waals surface area contributed by atoms with Crippen LogP contribution in [0.5, 0.6) is 23.0 Å². The van der Waals surface area contributed by atoms with Gasteiger partial charge in [-0.05, 0) is 61.9 Å². The summed E-state index contributed by atoms with van der Waals surface area (Å²) in [7, 11) is 1.30. The molecule has 0 aliphatic carbocycles.